The van der Waals surface area contributed by atoms with Gasteiger partial charge in [-0.2, -0.15) is 8.78 Å². The summed E-state index contributed by atoms with van der Waals surface area (Å²) in [5, 5.41) is 0. The lowest BCUT2D eigenvalue weighted by Gasteiger charge is -2.11. The summed E-state index contributed by atoms with van der Waals surface area (Å²) < 4.78 is 49.3. The normalized spacial score (nSPS) is 10.9. The largest absolute Gasteiger partial charge is 0.454 e. The van der Waals surface area contributed by atoms with Crippen molar-refractivity contribution in [3.63, 3.8) is 0 Å². The number of carbonyl (C=O) groups is 2. The predicted molar refractivity (Wildman–Crippen MR) is 103 cm³/mol. The SMILES string of the molecule is Cc1cc(C(=O)COC(=O)c2ccccc2F)c(C)n1-c1ccc(OC(F)F)cc1. The topological polar surface area (TPSA) is 57.5 Å². The summed E-state index contributed by atoms with van der Waals surface area (Å²) in [6.45, 7) is 0.0296. The Morgan fingerprint density at radius 3 is 2.30 bits per heavy atom. The Labute approximate surface area is 170 Å². The van der Waals surface area contributed by atoms with Crippen LogP contribution in [0.2, 0.25) is 0 Å². The monoisotopic (exact) mass is 417 g/mol. The van der Waals surface area contributed by atoms with Gasteiger partial charge in [0, 0.05) is 22.6 Å². The second-order valence-corrected chi connectivity index (χ2v) is 6.47. The van der Waals surface area contributed by atoms with Gasteiger partial charge >= 0.3 is 12.6 Å². The van der Waals surface area contributed by atoms with E-state index in [2.05, 4.69) is 4.74 Å². The van der Waals surface area contributed by atoms with E-state index in [1.165, 1.54) is 30.3 Å². The van der Waals surface area contributed by atoms with Crippen molar-refractivity contribution in [3.05, 3.63) is 82.9 Å². The molecular weight excluding hydrogens is 399 g/mol. The number of Topliss-reactive ketones (excluding diaryl/α,β-unsaturated/α-hetero) is 1. The molecule has 2 aromatic carbocycles. The molecule has 0 fully saturated rings. The zero-order valence-electron chi connectivity index (χ0n) is 16.2. The van der Waals surface area contributed by atoms with Crippen molar-refractivity contribution in [2.45, 2.75) is 20.5 Å². The minimum Gasteiger partial charge on any atom is -0.454 e. The zero-order valence-corrected chi connectivity index (χ0v) is 16.2. The minimum absolute atomic E-state index is 0.0209. The number of ether oxygens (including phenoxy) is 2. The Balaban J connectivity index is 1.75. The molecule has 0 aliphatic heterocycles. The molecule has 0 unspecified atom stereocenters. The molecule has 0 bridgehead atoms. The molecule has 0 atom stereocenters. The van der Waals surface area contributed by atoms with E-state index in [0.29, 0.717) is 16.9 Å². The third-order valence-electron chi connectivity index (χ3n) is 4.48. The Kier molecular flexibility index (Phi) is 6.25. The van der Waals surface area contributed by atoms with Crippen LogP contribution in [0.15, 0.2) is 54.6 Å². The van der Waals surface area contributed by atoms with E-state index in [4.69, 9.17) is 4.74 Å². The quantitative estimate of drug-likeness (QED) is 0.406. The molecule has 0 aliphatic carbocycles. The average Bonchev–Trinajstić information content (AvgIpc) is 3.01. The van der Waals surface area contributed by atoms with Gasteiger partial charge in [-0.15, -0.1) is 0 Å². The van der Waals surface area contributed by atoms with Gasteiger partial charge in [-0.05, 0) is 56.3 Å². The van der Waals surface area contributed by atoms with E-state index in [1.807, 2.05) is 0 Å². The van der Waals surface area contributed by atoms with Crippen molar-refractivity contribution >= 4 is 11.8 Å². The summed E-state index contributed by atoms with van der Waals surface area (Å²) in [6, 6.07) is 13.0. The lowest BCUT2D eigenvalue weighted by Crippen LogP contribution is -2.16. The first-order valence-corrected chi connectivity index (χ1v) is 8.97. The Bertz CT molecular complexity index is 1070. The van der Waals surface area contributed by atoms with Gasteiger partial charge in [0.05, 0.1) is 5.56 Å². The molecule has 1 heterocycles. The van der Waals surface area contributed by atoms with Crippen molar-refractivity contribution in [2.24, 2.45) is 0 Å². The number of alkyl halides is 2. The highest BCUT2D eigenvalue weighted by Gasteiger charge is 2.20. The number of hydrogen-bond acceptors (Lipinski definition) is 4. The van der Waals surface area contributed by atoms with Gasteiger partial charge < -0.3 is 14.0 Å². The number of aryl methyl sites for hydroxylation is 1. The second kappa shape index (κ2) is 8.86. The van der Waals surface area contributed by atoms with Gasteiger partial charge in [-0.1, -0.05) is 12.1 Å². The van der Waals surface area contributed by atoms with Crippen LogP contribution >= 0.6 is 0 Å². The van der Waals surface area contributed by atoms with Crippen molar-refractivity contribution in [3.8, 4) is 11.4 Å². The highest BCUT2D eigenvalue weighted by atomic mass is 19.3. The molecule has 0 radical (unpaired) electrons. The van der Waals surface area contributed by atoms with Crippen LogP contribution in [0.3, 0.4) is 0 Å². The fourth-order valence-corrected chi connectivity index (χ4v) is 3.13. The van der Waals surface area contributed by atoms with E-state index >= 15 is 0 Å². The minimum atomic E-state index is -2.91. The molecule has 5 nitrogen and oxygen atoms in total. The molecular formula is C22H18F3NO4. The van der Waals surface area contributed by atoms with Gasteiger partial charge in [0.25, 0.3) is 0 Å². The van der Waals surface area contributed by atoms with E-state index < -0.39 is 30.8 Å². The molecule has 3 aromatic rings. The number of hydrogen-bond donors (Lipinski definition) is 0. The summed E-state index contributed by atoms with van der Waals surface area (Å²) in [7, 11) is 0. The molecule has 0 spiro atoms. The highest BCUT2D eigenvalue weighted by molar-refractivity contribution is 6.00. The highest BCUT2D eigenvalue weighted by Crippen LogP contribution is 2.24. The lowest BCUT2D eigenvalue weighted by atomic mass is 10.1. The van der Waals surface area contributed by atoms with Crippen LogP contribution in [0, 0.1) is 19.7 Å². The van der Waals surface area contributed by atoms with E-state index in [0.717, 1.165) is 11.8 Å². The van der Waals surface area contributed by atoms with Crippen LogP contribution in [-0.4, -0.2) is 29.5 Å². The molecule has 0 saturated heterocycles. The fourth-order valence-electron chi connectivity index (χ4n) is 3.13. The number of nitrogens with zero attached hydrogens (tertiary/aromatic N) is 1. The molecule has 1 aromatic heterocycles. The second-order valence-electron chi connectivity index (χ2n) is 6.47. The van der Waals surface area contributed by atoms with Crippen LogP contribution in [0.5, 0.6) is 5.75 Å². The van der Waals surface area contributed by atoms with Crippen LogP contribution in [0.4, 0.5) is 13.2 Å². The molecule has 0 aliphatic rings. The fraction of sp³-hybridized carbons (Fsp3) is 0.182. The number of halogens is 3. The molecule has 3 rings (SSSR count). The van der Waals surface area contributed by atoms with Crippen molar-refractivity contribution in [2.75, 3.05) is 6.61 Å². The van der Waals surface area contributed by atoms with Crippen LogP contribution in [0.1, 0.15) is 32.1 Å². The number of esters is 1. The van der Waals surface area contributed by atoms with E-state index in [9.17, 15) is 22.8 Å². The van der Waals surface area contributed by atoms with Gasteiger partial charge in [-0.25, -0.2) is 9.18 Å². The van der Waals surface area contributed by atoms with Gasteiger partial charge in [0.1, 0.15) is 11.6 Å². The van der Waals surface area contributed by atoms with Gasteiger partial charge in [0.15, 0.2) is 6.61 Å². The number of rotatable bonds is 7. The van der Waals surface area contributed by atoms with Crippen molar-refractivity contribution < 1.29 is 32.2 Å². The number of ketones is 1. The standard InChI is InChI=1S/C22H18F3NO4/c1-13-11-18(20(27)12-29-21(28)17-5-3-4-6-19(17)23)14(2)26(13)15-7-9-16(10-8-15)30-22(24)25/h3-11,22H,12H2,1-2H3. The van der Waals surface area contributed by atoms with Gasteiger partial charge in [0.2, 0.25) is 5.78 Å². The Hall–Kier alpha value is -3.55. The van der Waals surface area contributed by atoms with Crippen LogP contribution < -0.4 is 4.74 Å². The van der Waals surface area contributed by atoms with Crippen molar-refractivity contribution in [1.82, 2.24) is 4.57 Å². The third-order valence-corrected chi connectivity index (χ3v) is 4.48. The lowest BCUT2D eigenvalue weighted by molar-refractivity contribution is -0.0498. The molecule has 156 valence electrons. The Morgan fingerprint density at radius 1 is 1.00 bits per heavy atom. The summed E-state index contributed by atoms with van der Waals surface area (Å²) in [5.41, 5.74) is 2.04. The molecule has 0 amide bonds. The number of benzene rings is 2. The number of carbonyl (C=O) groups excluding carboxylic acids is 2. The van der Waals surface area contributed by atoms with E-state index in [1.54, 1.807) is 36.6 Å². The average molecular weight is 417 g/mol. The number of aromatic nitrogens is 1. The van der Waals surface area contributed by atoms with Crippen LogP contribution in [0.25, 0.3) is 5.69 Å². The third kappa shape index (κ3) is 4.53. The maximum atomic E-state index is 13.7. The van der Waals surface area contributed by atoms with Crippen LogP contribution in [-0.2, 0) is 4.74 Å². The summed E-state index contributed by atoms with van der Waals surface area (Å²) in [4.78, 5) is 24.6. The van der Waals surface area contributed by atoms with Crippen molar-refractivity contribution in [1.29, 1.82) is 0 Å². The first-order chi connectivity index (χ1) is 14.3. The molecule has 8 heteroatoms. The molecule has 0 N–H and O–H groups in total. The maximum Gasteiger partial charge on any atom is 0.387 e. The Morgan fingerprint density at radius 2 is 1.67 bits per heavy atom. The first kappa shape index (κ1) is 21.2. The smallest absolute Gasteiger partial charge is 0.387 e. The summed E-state index contributed by atoms with van der Waals surface area (Å²) in [5.74, 6) is -2.08. The van der Waals surface area contributed by atoms with Gasteiger partial charge in [-0.3, -0.25) is 4.79 Å². The zero-order chi connectivity index (χ0) is 21.8. The molecule has 0 saturated carbocycles. The van der Waals surface area contributed by atoms with E-state index in [-0.39, 0.29) is 11.3 Å². The molecule has 30 heavy (non-hydrogen) atoms. The maximum absolute atomic E-state index is 13.7. The summed E-state index contributed by atoms with van der Waals surface area (Å²) in [6.07, 6.45) is 0. The summed E-state index contributed by atoms with van der Waals surface area (Å²) >= 11 is 0. The predicted octanol–water partition coefficient (Wildman–Crippen LogP) is 4.87. The first-order valence-electron chi connectivity index (χ1n) is 8.97.